The molecule has 0 radical (unpaired) electrons. The smallest absolute Gasteiger partial charge is 0.182 e. The lowest BCUT2D eigenvalue weighted by Crippen LogP contribution is -2.30. The number of anilines is 1. The second-order valence-corrected chi connectivity index (χ2v) is 3.81. The molecule has 2 nitrogen and oxygen atoms in total. The molecule has 0 bridgehead atoms. The van der Waals surface area contributed by atoms with Gasteiger partial charge in [0.05, 0.1) is 12.3 Å². The van der Waals surface area contributed by atoms with Gasteiger partial charge in [-0.3, -0.25) is 0 Å². The lowest BCUT2D eigenvalue weighted by molar-refractivity contribution is 0.0875. The summed E-state index contributed by atoms with van der Waals surface area (Å²) in [6.07, 6.45) is 1.66. The van der Waals surface area contributed by atoms with Gasteiger partial charge in [0.2, 0.25) is 0 Å². The zero-order valence-electron chi connectivity index (χ0n) is 8.60. The molecule has 1 saturated heterocycles. The van der Waals surface area contributed by atoms with Crippen LogP contribution in [0, 0.1) is 17.5 Å². The highest BCUT2D eigenvalue weighted by atomic mass is 19.2. The van der Waals surface area contributed by atoms with Crippen LogP contribution in [-0.4, -0.2) is 19.3 Å². The van der Waals surface area contributed by atoms with E-state index >= 15 is 0 Å². The fourth-order valence-electron chi connectivity index (χ4n) is 1.74. The van der Waals surface area contributed by atoms with Gasteiger partial charge in [0, 0.05) is 24.8 Å². The van der Waals surface area contributed by atoms with Gasteiger partial charge in [-0.2, -0.15) is 0 Å². The van der Waals surface area contributed by atoms with Crippen LogP contribution in [0.15, 0.2) is 12.1 Å². The van der Waals surface area contributed by atoms with E-state index < -0.39 is 17.5 Å². The van der Waals surface area contributed by atoms with E-state index in [9.17, 15) is 13.2 Å². The van der Waals surface area contributed by atoms with Gasteiger partial charge in [0.1, 0.15) is 5.82 Å². The van der Waals surface area contributed by atoms with E-state index in [0.29, 0.717) is 19.3 Å². The normalized spacial score (nSPS) is 20.8. The number of nitrogens with one attached hydrogen (secondary N) is 1. The molecule has 0 spiro atoms. The van der Waals surface area contributed by atoms with Gasteiger partial charge in [-0.15, -0.1) is 0 Å². The zero-order chi connectivity index (χ0) is 11.5. The Morgan fingerprint density at radius 2 is 2.06 bits per heavy atom. The predicted octanol–water partition coefficient (Wildman–Crippen LogP) is 2.69. The van der Waals surface area contributed by atoms with Crippen LogP contribution in [0.2, 0.25) is 0 Å². The maximum absolute atomic E-state index is 13.3. The predicted molar refractivity (Wildman–Crippen MR) is 53.8 cm³/mol. The second kappa shape index (κ2) is 4.74. The largest absolute Gasteiger partial charge is 0.379 e. The van der Waals surface area contributed by atoms with Crippen molar-refractivity contribution in [2.24, 2.45) is 0 Å². The van der Waals surface area contributed by atoms with Crippen LogP contribution >= 0.6 is 0 Å². The quantitative estimate of drug-likeness (QED) is 0.790. The molecule has 5 heteroatoms. The Morgan fingerprint density at radius 1 is 1.25 bits per heavy atom. The first-order chi connectivity index (χ1) is 7.66. The number of benzene rings is 1. The molecule has 0 aromatic heterocycles. The molecule has 0 saturated carbocycles. The number of ether oxygens (including phenoxy) is 1. The highest BCUT2D eigenvalue weighted by Gasteiger charge is 2.17. The average Bonchev–Trinajstić information content (AvgIpc) is 2.27. The van der Waals surface area contributed by atoms with Crippen molar-refractivity contribution in [3.63, 3.8) is 0 Å². The summed E-state index contributed by atoms with van der Waals surface area (Å²) in [6.45, 7) is 1.11. The van der Waals surface area contributed by atoms with Gasteiger partial charge in [-0.25, -0.2) is 13.2 Å². The van der Waals surface area contributed by atoms with Crippen LogP contribution in [-0.2, 0) is 4.74 Å². The fourth-order valence-corrected chi connectivity index (χ4v) is 1.74. The summed E-state index contributed by atoms with van der Waals surface area (Å²) in [6, 6.07) is 1.38. The summed E-state index contributed by atoms with van der Waals surface area (Å²) in [7, 11) is 0. The Bertz CT molecular complexity index is 378. The minimum atomic E-state index is -1.18. The Labute approximate surface area is 91.4 Å². The second-order valence-electron chi connectivity index (χ2n) is 3.81. The lowest BCUT2D eigenvalue weighted by Gasteiger charge is -2.24. The molecule has 1 unspecified atom stereocenters. The fraction of sp³-hybridized carbons (Fsp3) is 0.455. The zero-order valence-corrected chi connectivity index (χ0v) is 8.60. The van der Waals surface area contributed by atoms with E-state index in [1.165, 1.54) is 0 Å². The molecule has 0 aliphatic carbocycles. The number of hydrogen-bond donors (Lipinski definition) is 1. The summed E-state index contributed by atoms with van der Waals surface area (Å²) in [5.74, 6) is -3.02. The Morgan fingerprint density at radius 3 is 2.75 bits per heavy atom. The van der Waals surface area contributed by atoms with Gasteiger partial charge in [0.15, 0.2) is 11.6 Å². The lowest BCUT2D eigenvalue weighted by atomic mass is 10.1. The molecule has 1 N–H and O–H groups in total. The number of halogens is 3. The van der Waals surface area contributed by atoms with Gasteiger partial charge >= 0.3 is 0 Å². The first-order valence-corrected chi connectivity index (χ1v) is 5.15. The van der Waals surface area contributed by atoms with Gasteiger partial charge in [-0.05, 0) is 12.8 Å². The SMILES string of the molecule is Fc1cc(F)c(F)c(NC2CCCOC2)c1. The third-order valence-corrected chi connectivity index (χ3v) is 2.51. The van der Waals surface area contributed by atoms with E-state index in [0.717, 1.165) is 18.9 Å². The van der Waals surface area contributed by atoms with Crippen molar-refractivity contribution in [3.8, 4) is 0 Å². The summed E-state index contributed by atoms with van der Waals surface area (Å²) < 4.78 is 44.3. The third kappa shape index (κ3) is 2.47. The topological polar surface area (TPSA) is 21.3 Å². The van der Waals surface area contributed by atoms with Crippen molar-refractivity contribution in [1.82, 2.24) is 0 Å². The maximum Gasteiger partial charge on any atom is 0.182 e. The van der Waals surface area contributed by atoms with E-state index in [1.54, 1.807) is 0 Å². The van der Waals surface area contributed by atoms with Gasteiger partial charge in [0.25, 0.3) is 0 Å². The maximum atomic E-state index is 13.3. The Balaban J connectivity index is 2.13. The average molecular weight is 231 g/mol. The molecular formula is C11H12F3NO. The highest BCUT2D eigenvalue weighted by molar-refractivity contribution is 5.46. The van der Waals surface area contributed by atoms with Crippen LogP contribution in [0.3, 0.4) is 0 Å². The summed E-state index contributed by atoms with van der Waals surface area (Å²) in [5, 5.41) is 2.75. The molecule has 16 heavy (non-hydrogen) atoms. The van der Waals surface area contributed by atoms with Crippen LogP contribution in [0.1, 0.15) is 12.8 Å². The molecule has 1 aromatic carbocycles. The first-order valence-electron chi connectivity index (χ1n) is 5.15. The standard InChI is InChI=1S/C11H12F3NO/c12-7-4-9(13)11(14)10(5-7)15-8-2-1-3-16-6-8/h4-5,8,15H,1-3,6H2. The van der Waals surface area contributed by atoms with Crippen LogP contribution in [0.25, 0.3) is 0 Å². The van der Waals surface area contributed by atoms with E-state index in [4.69, 9.17) is 4.74 Å². The molecule has 1 heterocycles. The van der Waals surface area contributed by atoms with Crippen molar-refractivity contribution >= 4 is 5.69 Å². The summed E-state index contributed by atoms with van der Waals surface area (Å²) >= 11 is 0. The molecule has 1 aliphatic rings. The molecular weight excluding hydrogens is 219 g/mol. The van der Waals surface area contributed by atoms with E-state index in [-0.39, 0.29) is 11.7 Å². The Hall–Kier alpha value is -1.23. The number of hydrogen-bond acceptors (Lipinski definition) is 2. The molecule has 88 valence electrons. The number of rotatable bonds is 2. The summed E-state index contributed by atoms with van der Waals surface area (Å²) in [5.41, 5.74) is -0.145. The van der Waals surface area contributed by atoms with Crippen LogP contribution in [0.5, 0.6) is 0 Å². The molecule has 1 aromatic rings. The van der Waals surface area contributed by atoms with Crippen molar-refractivity contribution in [3.05, 3.63) is 29.6 Å². The third-order valence-electron chi connectivity index (χ3n) is 2.51. The highest BCUT2D eigenvalue weighted by Crippen LogP contribution is 2.21. The van der Waals surface area contributed by atoms with Gasteiger partial charge in [-0.1, -0.05) is 0 Å². The van der Waals surface area contributed by atoms with E-state index in [2.05, 4.69) is 5.32 Å². The molecule has 2 rings (SSSR count). The minimum Gasteiger partial charge on any atom is -0.379 e. The first kappa shape index (κ1) is 11.3. The van der Waals surface area contributed by atoms with Gasteiger partial charge < -0.3 is 10.1 Å². The Kier molecular flexibility index (Phi) is 3.33. The molecule has 1 fully saturated rings. The van der Waals surface area contributed by atoms with E-state index in [1.807, 2.05) is 0 Å². The minimum absolute atomic E-state index is 0.0931. The van der Waals surface area contributed by atoms with Crippen LogP contribution < -0.4 is 5.32 Å². The molecule has 0 amide bonds. The van der Waals surface area contributed by atoms with Crippen molar-refractivity contribution < 1.29 is 17.9 Å². The molecule has 1 atom stereocenters. The van der Waals surface area contributed by atoms with Crippen molar-refractivity contribution in [2.45, 2.75) is 18.9 Å². The summed E-state index contributed by atoms with van der Waals surface area (Å²) in [4.78, 5) is 0. The monoisotopic (exact) mass is 231 g/mol. The van der Waals surface area contributed by atoms with Crippen molar-refractivity contribution in [2.75, 3.05) is 18.5 Å². The van der Waals surface area contributed by atoms with Crippen molar-refractivity contribution in [1.29, 1.82) is 0 Å². The molecule has 1 aliphatic heterocycles. The van der Waals surface area contributed by atoms with Crippen LogP contribution in [0.4, 0.5) is 18.9 Å².